The molecule has 1 aromatic carbocycles. The van der Waals surface area contributed by atoms with Gasteiger partial charge in [0, 0.05) is 6.07 Å². The molecule has 0 saturated heterocycles. The molecule has 1 aliphatic carbocycles. The largest absolute Gasteiger partial charge is 0.466 e. The van der Waals surface area contributed by atoms with Gasteiger partial charge in [0.25, 0.3) is 0 Å². The first kappa shape index (κ1) is 11.8. The van der Waals surface area contributed by atoms with E-state index in [2.05, 4.69) is 0 Å². The number of carbonyl (C=O) groups excluding carboxylic acids is 1. The molecule has 0 bridgehead atoms. The van der Waals surface area contributed by atoms with E-state index < -0.39 is 23.5 Å². The van der Waals surface area contributed by atoms with Crippen LogP contribution in [0.3, 0.4) is 0 Å². The number of ether oxygens (including phenoxy) is 1. The molecule has 0 amide bonds. The molecule has 92 valence electrons. The van der Waals surface area contributed by atoms with Crippen LogP contribution >= 0.6 is 0 Å². The summed E-state index contributed by atoms with van der Waals surface area (Å²) < 4.78 is 32.1. The second kappa shape index (κ2) is 4.31. The number of rotatable bonds is 2. The van der Waals surface area contributed by atoms with Gasteiger partial charge in [-0.15, -0.1) is 0 Å². The first-order valence-corrected chi connectivity index (χ1v) is 5.46. The summed E-state index contributed by atoms with van der Waals surface area (Å²) in [5, 5.41) is 0. The molecule has 1 aliphatic rings. The van der Waals surface area contributed by atoms with Crippen LogP contribution in [0.1, 0.15) is 18.1 Å². The van der Waals surface area contributed by atoms with E-state index >= 15 is 0 Å². The predicted molar refractivity (Wildman–Crippen MR) is 58.3 cm³/mol. The topological polar surface area (TPSA) is 52.3 Å². The van der Waals surface area contributed by atoms with Crippen LogP contribution in [0.4, 0.5) is 14.5 Å². The molecule has 2 rings (SSSR count). The molecule has 2 N–H and O–H groups in total. The molecular weight excluding hydrogens is 228 g/mol. The quantitative estimate of drug-likeness (QED) is 0.634. The summed E-state index contributed by atoms with van der Waals surface area (Å²) >= 11 is 0. The average molecular weight is 241 g/mol. The number of esters is 1. The number of nitrogen functional groups attached to an aromatic ring is 1. The van der Waals surface area contributed by atoms with Crippen molar-refractivity contribution < 1.29 is 18.3 Å². The smallest absolute Gasteiger partial charge is 0.309 e. The molecule has 1 aromatic rings. The minimum Gasteiger partial charge on any atom is -0.466 e. The van der Waals surface area contributed by atoms with Gasteiger partial charge in [0.05, 0.1) is 18.2 Å². The number of fused-ring (bicyclic) bond motifs is 1. The number of anilines is 1. The first-order chi connectivity index (χ1) is 8.04. The fraction of sp³-hybridized carbons (Fsp3) is 0.417. The van der Waals surface area contributed by atoms with Gasteiger partial charge in [-0.2, -0.15) is 0 Å². The van der Waals surface area contributed by atoms with Gasteiger partial charge in [-0.3, -0.25) is 4.79 Å². The molecule has 0 aromatic heterocycles. The molecule has 5 heteroatoms. The van der Waals surface area contributed by atoms with Crippen LogP contribution in [0.25, 0.3) is 0 Å². The lowest BCUT2D eigenvalue weighted by atomic mass is 10.1. The number of nitrogens with two attached hydrogens (primary N) is 1. The van der Waals surface area contributed by atoms with Gasteiger partial charge < -0.3 is 10.5 Å². The Hall–Kier alpha value is -1.65. The summed E-state index contributed by atoms with van der Waals surface area (Å²) in [4.78, 5) is 11.5. The van der Waals surface area contributed by atoms with Gasteiger partial charge in [-0.1, -0.05) is 0 Å². The van der Waals surface area contributed by atoms with Gasteiger partial charge in [-0.25, -0.2) is 8.78 Å². The average Bonchev–Trinajstić information content (AvgIpc) is 2.72. The fourth-order valence-corrected chi connectivity index (χ4v) is 2.16. The Bertz CT molecular complexity index is 474. The van der Waals surface area contributed by atoms with Crippen molar-refractivity contribution in [3.8, 4) is 0 Å². The van der Waals surface area contributed by atoms with E-state index in [0.717, 1.165) is 6.07 Å². The lowest BCUT2D eigenvalue weighted by molar-refractivity contribution is -0.147. The Morgan fingerprint density at radius 1 is 1.47 bits per heavy atom. The Kier molecular flexibility index (Phi) is 3.00. The minimum atomic E-state index is -0.617. The van der Waals surface area contributed by atoms with Crippen LogP contribution in [0.2, 0.25) is 0 Å². The number of halogens is 2. The third-order valence-electron chi connectivity index (χ3n) is 2.97. The fourth-order valence-electron chi connectivity index (χ4n) is 2.16. The molecule has 0 radical (unpaired) electrons. The molecule has 0 fully saturated rings. The molecular formula is C12H13F2NO2. The van der Waals surface area contributed by atoms with Crippen molar-refractivity contribution in [2.75, 3.05) is 12.3 Å². The van der Waals surface area contributed by atoms with Crippen LogP contribution in [0.5, 0.6) is 0 Å². The van der Waals surface area contributed by atoms with E-state index in [9.17, 15) is 13.6 Å². The zero-order chi connectivity index (χ0) is 12.6. The van der Waals surface area contributed by atoms with Gasteiger partial charge in [-0.05, 0) is 30.9 Å². The molecule has 1 unspecified atom stereocenters. The zero-order valence-corrected chi connectivity index (χ0v) is 9.43. The van der Waals surface area contributed by atoms with Gasteiger partial charge in [0.15, 0.2) is 0 Å². The molecule has 1 atom stereocenters. The Balaban J connectivity index is 2.30. The second-order valence-electron chi connectivity index (χ2n) is 4.08. The summed E-state index contributed by atoms with van der Waals surface area (Å²) in [5.41, 5.74) is 5.58. The highest BCUT2D eigenvalue weighted by atomic mass is 19.1. The summed E-state index contributed by atoms with van der Waals surface area (Å²) in [5.74, 6) is -2.09. The second-order valence-corrected chi connectivity index (χ2v) is 4.08. The summed E-state index contributed by atoms with van der Waals surface area (Å²) in [7, 11) is 0. The summed E-state index contributed by atoms with van der Waals surface area (Å²) in [6, 6.07) is 0.960. The molecule has 0 spiro atoms. The van der Waals surface area contributed by atoms with Crippen molar-refractivity contribution in [1.29, 1.82) is 0 Å². The number of hydrogen-bond donors (Lipinski definition) is 1. The highest BCUT2D eigenvalue weighted by Gasteiger charge is 2.33. The molecule has 0 aliphatic heterocycles. The van der Waals surface area contributed by atoms with E-state index in [4.69, 9.17) is 10.5 Å². The Morgan fingerprint density at radius 3 is 2.76 bits per heavy atom. The SMILES string of the molecule is CCOC(=O)C1Cc2c(F)cc(N)c(F)c2C1. The van der Waals surface area contributed by atoms with Crippen molar-refractivity contribution in [2.24, 2.45) is 5.92 Å². The standard InChI is InChI=1S/C12H13F2NO2/c1-2-17-12(16)6-3-7-8(4-6)11(14)10(15)5-9(7)13/h5-6H,2-4,15H2,1H3. The van der Waals surface area contributed by atoms with Crippen molar-refractivity contribution in [3.63, 3.8) is 0 Å². The maximum Gasteiger partial charge on any atom is 0.309 e. The van der Waals surface area contributed by atoms with Crippen LogP contribution in [-0.4, -0.2) is 12.6 Å². The van der Waals surface area contributed by atoms with E-state index in [-0.39, 0.29) is 36.3 Å². The highest BCUT2D eigenvalue weighted by molar-refractivity contribution is 5.75. The number of hydrogen-bond acceptors (Lipinski definition) is 3. The van der Waals surface area contributed by atoms with Crippen molar-refractivity contribution in [3.05, 3.63) is 28.8 Å². The van der Waals surface area contributed by atoms with Crippen LogP contribution in [0.15, 0.2) is 6.07 Å². The lowest BCUT2D eigenvalue weighted by Crippen LogP contribution is -2.18. The number of carbonyl (C=O) groups is 1. The molecule has 3 nitrogen and oxygen atoms in total. The maximum absolute atomic E-state index is 13.7. The van der Waals surface area contributed by atoms with Gasteiger partial charge in [0.2, 0.25) is 0 Å². The monoisotopic (exact) mass is 241 g/mol. The predicted octanol–water partition coefficient (Wildman–Crippen LogP) is 1.82. The van der Waals surface area contributed by atoms with E-state index in [1.807, 2.05) is 0 Å². The minimum absolute atomic E-state index is 0.155. The van der Waals surface area contributed by atoms with Gasteiger partial charge in [0.1, 0.15) is 11.6 Å². The van der Waals surface area contributed by atoms with Crippen LogP contribution in [0, 0.1) is 17.6 Å². The Labute approximate surface area is 97.6 Å². The van der Waals surface area contributed by atoms with Crippen molar-refractivity contribution in [1.82, 2.24) is 0 Å². The molecule has 17 heavy (non-hydrogen) atoms. The lowest BCUT2D eigenvalue weighted by Gasteiger charge is -2.07. The third-order valence-corrected chi connectivity index (χ3v) is 2.97. The maximum atomic E-state index is 13.7. The normalized spacial score (nSPS) is 17.9. The zero-order valence-electron chi connectivity index (χ0n) is 9.43. The molecule has 0 heterocycles. The third kappa shape index (κ3) is 1.97. The van der Waals surface area contributed by atoms with Crippen molar-refractivity contribution >= 4 is 11.7 Å². The van der Waals surface area contributed by atoms with E-state index in [1.54, 1.807) is 6.92 Å². The summed E-state index contributed by atoms with van der Waals surface area (Å²) in [6.07, 6.45) is 0.332. The van der Waals surface area contributed by atoms with E-state index in [0.29, 0.717) is 0 Å². The summed E-state index contributed by atoms with van der Waals surface area (Å²) in [6.45, 7) is 1.96. The number of benzene rings is 1. The highest BCUT2D eigenvalue weighted by Crippen LogP contribution is 2.34. The first-order valence-electron chi connectivity index (χ1n) is 5.46. The van der Waals surface area contributed by atoms with Crippen molar-refractivity contribution in [2.45, 2.75) is 19.8 Å². The Morgan fingerprint density at radius 2 is 2.12 bits per heavy atom. The molecule has 0 saturated carbocycles. The van der Waals surface area contributed by atoms with Crippen LogP contribution < -0.4 is 5.73 Å². The van der Waals surface area contributed by atoms with E-state index in [1.165, 1.54) is 0 Å². The van der Waals surface area contributed by atoms with Gasteiger partial charge >= 0.3 is 5.97 Å². The van der Waals surface area contributed by atoms with Crippen LogP contribution in [-0.2, 0) is 22.4 Å².